The first kappa shape index (κ1) is 13.3. The van der Waals surface area contributed by atoms with Crippen LogP contribution in [0.1, 0.15) is 34.4 Å². The summed E-state index contributed by atoms with van der Waals surface area (Å²) in [5.41, 5.74) is 3.43. The highest BCUT2D eigenvalue weighted by molar-refractivity contribution is 5.84. The van der Waals surface area contributed by atoms with Gasteiger partial charge in [0.1, 0.15) is 0 Å². The van der Waals surface area contributed by atoms with Crippen molar-refractivity contribution in [3.05, 3.63) is 28.8 Å². The molecule has 1 N–H and O–H groups in total. The number of nitrogens with zero attached hydrogens (tertiary/aromatic N) is 5. The van der Waals surface area contributed by atoms with E-state index in [4.69, 9.17) is 5.11 Å². The van der Waals surface area contributed by atoms with Crippen LogP contribution in [-0.4, -0.2) is 35.9 Å². The number of carboxylic acid groups (broad SMARTS) is 1. The summed E-state index contributed by atoms with van der Waals surface area (Å²) in [6.45, 7) is 7.35. The monoisotopic (exact) mass is 263 g/mol. The fraction of sp³-hybridized carbons (Fsp3) is 0.500. The van der Waals surface area contributed by atoms with E-state index in [2.05, 4.69) is 22.3 Å². The minimum Gasteiger partial charge on any atom is -0.476 e. The zero-order chi connectivity index (χ0) is 14.0. The third-order valence-electron chi connectivity index (χ3n) is 3.18. The lowest BCUT2D eigenvalue weighted by Gasteiger charge is -2.04. The van der Waals surface area contributed by atoms with Crippen LogP contribution in [0.5, 0.6) is 0 Å². The van der Waals surface area contributed by atoms with Crippen LogP contribution in [0.4, 0.5) is 0 Å². The Labute approximate surface area is 110 Å². The first-order valence-electron chi connectivity index (χ1n) is 6.19. The highest BCUT2D eigenvalue weighted by Crippen LogP contribution is 2.13. The average Bonchev–Trinajstić information content (AvgIpc) is 2.92. The molecule has 0 fully saturated rings. The van der Waals surface area contributed by atoms with Gasteiger partial charge in [0.25, 0.3) is 0 Å². The molecule has 0 radical (unpaired) electrons. The zero-order valence-corrected chi connectivity index (χ0v) is 11.3. The molecule has 19 heavy (non-hydrogen) atoms. The standard InChI is InChI=1S/C12H17N5O2/c1-4-10-8(2)14-17(9(10)3)6-5-16-7-11(12(18)19)13-15-16/h7H,4-6H2,1-3H3,(H,18,19). The quantitative estimate of drug-likeness (QED) is 0.871. The van der Waals surface area contributed by atoms with Gasteiger partial charge in [-0.3, -0.25) is 4.68 Å². The summed E-state index contributed by atoms with van der Waals surface area (Å²) in [4.78, 5) is 10.7. The van der Waals surface area contributed by atoms with Crippen molar-refractivity contribution >= 4 is 5.97 Å². The number of aromatic nitrogens is 5. The van der Waals surface area contributed by atoms with E-state index in [0.29, 0.717) is 13.1 Å². The molecule has 0 atom stereocenters. The van der Waals surface area contributed by atoms with Gasteiger partial charge in [0, 0.05) is 5.69 Å². The maximum atomic E-state index is 10.7. The Hall–Kier alpha value is -2.18. The van der Waals surface area contributed by atoms with Crippen molar-refractivity contribution in [2.24, 2.45) is 0 Å². The molecule has 0 aliphatic rings. The van der Waals surface area contributed by atoms with E-state index >= 15 is 0 Å². The van der Waals surface area contributed by atoms with Gasteiger partial charge in [-0.05, 0) is 25.8 Å². The van der Waals surface area contributed by atoms with Gasteiger partial charge in [0.2, 0.25) is 0 Å². The summed E-state index contributed by atoms with van der Waals surface area (Å²) >= 11 is 0. The molecule has 0 aromatic carbocycles. The summed E-state index contributed by atoms with van der Waals surface area (Å²) in [6, 6.07) is 0. The van der Waals surface area contributed by atoms with Gasteiger partial charge in [-0.2, -0.15) is 5.10 Å². The molecule has 7 nitrogen and oxygen atoms in total. The molecule has 0 aliphatic carbocycles. The smallest absolute Gasteiger partial charge is 0.358 e. The minimum absolute atomic E-state index is 0.0392. The van der Waals surface area contributed by atoms with E-state index in [1.807, 2.05) is 18.5 Å². The van der Waals surface area contributed by atoms with Gasteiger partial charge in [0.05, 0.1) is 25.0 Å². The van der Waals surface area contributed by atoms with Gasteiger partial charge in [-0.15, -0.1) is 5.10 Å². The number of hydrogen-bond donors (Lipinski definition) is 1. The zero-order valence-electron chi connectivity index (χ0n) is 11.3. The first-order chi connectivity index (χ1) is 9.02. The Morgan fingerprint density at radius 2 is 2.11 bits per heavy atom. The number of hydrogen-bond acceptors (Lipinski definition) is 4. The fourth-order valence-corrected chi connectivity index (χ4v) is 2.17. The topological polar surface area (TPSA) is 85.8 Å². The number of rotatable bonds is 5. The lowest BCUT2D eigenvalue weighted by atomic mass is 10.1. The number of carbonyl (C=O) groups is 1. The van der Waals surface area contributed by atoms with Gasteiger partial charge < -0.3 is 5.11 Å². The van der Waals surface area contributed by atoms with Crippen molar-refractivity contribution in [1.29, 1.82) is 0 Å². The Morgan fingerprint density at radius 3 is 2.63 bits per heavy atom. The fourth-order valence-electron chi connectivity index (χ4n) is 2.17. The molecule has 0 aliphatic heterocycles. The number of carboxylic acids is 1. The summed E-state index contributed by atoms with van der Waals surface area (Å²) in [6.07, 6.45) is 2.39. The summed E-state index contributed by atoms with van der Waals surface area (Å²) in [7, 11) is 0. The molecule has 0 saturated heterocycles. The van der Waals surface area contributed by atoms with Crippen LogP contribution in [0.2, 0.25) is 0 Å². The second-order valence-electron chi connectivity index (χ2n) is 4.40. The van der Waals surface area contributed by atoms with Crippen LogP contribution in [0.15, 0.2) is 6.20 Å². The Morgan fingerprint density at radius 1 is 1.37 bits per heavy atom. The lowest BCUT2D eigenvalue weighted by molar-refractivity contribution is 0.0690. The molecule has 2 aromatic rings. The van der Waals surface area contributed by atoms with Crippen molar-refractivity contribution in [3.8, 4) is 0 Å². The number of aryl methyl sites for hydroxylation is 3. The number of aromatic carboxylic acids is 1. The van der Waals surface area contributed by atoms with Crippen molar-refractivity contribution < 1.29 is 9.90 Å². The molecule has 7 heteroatoms. The summed E-state index contributed by atoms with van der Waals surface area (Å²) in [5, 5.41) is 20.6. The van der Waals surface area contributed by atoms with E-state index < -0.39 is 5.97 Å². The normalized spacial score (nSPS) is 10.9. The third-order valence-corrected chi connectivity index (χ3v) is 3.18. The SMILES string of the molecule is CCc1c(C)nn(CCn2cc(C(=O)O)nn2)c1C. The van der Waals surface area contributed by atoms with Crippen LogP contribution in [-0.2, 0) is 19.5 Å². The molecule has 2 aromatic heterocycles. The predicted molar refractivity (Wildman–Crippen MR) is 68.1 cm³/mol. The van der Waals surface area contributed by atoms with Crippen LogP contribution < -0.4 is 0 Å². The van der Waals surface area contributed by atoms with Gasteiger partial charge in [-0.25, -0.2) is 9.48 Å². The van der Waals surface area contributed by atoms with Crippen molar-refractivity contribution in [1.82, 2.24) is 24.8 Å². The molecule has 102 valence electrons. The Balaban J connectivity index is 2.08. The predicted octanol–water partition coefficient (Wildman–Crippen LogP) is 1.05. The Kier molecular flexibility index (Phi) is 3.64. The first-order valence-corrected chi connectivity index (χ1v) is 6.19. The average molecular weight is 263 g/mol. The van der Waals surface area contributed by atoms with E-state index in [1.165, 1.54) is 16.4 Å². The maximum absolute atomic E-state index is 10.7. The molecule has 0 spiro atoms. The Bertz CT molecular complexity index is 599. The van der Waals surface area contributed by atoms with Crippen molar-refractivity contribution in [2.45, 2.75) is 40.3 Å². The highest BCUT2D eigenvalue weighted by atomic mass is 16.4. The van der Waals surface area contributed by atoms with Crippen LogP contribution >= 0.6 is 0 Å². The largest absolute Gasteiger partial charge is 0.476 e. The summed E-state index contributed by atoms with van der Waals surface area (Å²) < 4.78 is 3.45. The van der Waals surface area contributed by atoms with E-state index in [1.54, 1.807) is 0 Å². The van der Waals surface area contributed by atoms with Crippen molar-refractivity contribution in [2.75, 3.05) is 0 Å². The lowest BCUT2D eigenvalue weighted by Crippen LogP contribution is -2.10. The van der Waals surface area contributed by atoms with Crippen LogP contribution in [0.3, 0.4) is 0 Å². The molecule has 0 saturated carbocycles. The molecule has 0 bridgehead atoms. The molecular weight excluding hydrogens is 246 g/mol. The minimum atomic E-state index is -1.06. The van der Waals surface area contributed by atoms with Gasteiger partial charge in [-0.1, -0.05) is 12.1 Å². The third kappa shape index (κ3) is 2.64. The second kappa shape index (κ2) is 5.21. The molecule has 0 unspecified atom stereocenters. The van der Waals surface area contributed by atoms with E-state index in [-0.39, 0.29) is 5.69 Å². The summed E-state index contributed by atoms with van der Waals surface area (Å²) in [5.74, 6) is -1.06. The van der Waals surface area contributed by atoms with Crippen LogP contribution in [0, 0.1) is 13.8 Å². The maximum Gasteiger partial charge on any atom is 0.358 e. The molecule has 2 heterocycles. The van der Waals surface area contributed by atoms with Crippen LogP contribution in [0.25, 0.3) is 0 Å². The van der Waals surface area contributed by atoms with Crippen molar-refractivity contribution in [3.63, 3.8) is 0 Å². The molecule has 2 rings (SSSR count). The van der Waals surface area contributed by atoms with Gasteiger partial charge in [0.15, 0.2) is 5.69 Å². The second-order valence-corrected chi connectivity index (χ2v) is 4.40. The molecule has 0 amide bonds. The molecular formula is C12H17N5O2. The van der Waals surface area contributed by atoms with Gasteiger partial charge >= 0.3 is 5.97 Å². The van der Waals surface area contributed by atoms with E-state index in [9.17, 15) is 4.79 Å². The highest BCUT2D eigenvalue weighted by Gasteiger charge is 2.11. The van der Waals surface area contributed by atoms with E-state index in [0.717, 1.165) is 17.8 Å².